The van der Waals surface area contributed by atoms with Gasteiger partial charge >= 0.3 is 0 Å². The first-order valence-electron chi connectivity index (χ1n) is 8.98. The minimum atomic E-state index is -0.0211. The molecule has 6 nitrogen and oxygen atoms in total. The van der Waals surface area contributed by atoms with Crippen molar-refractivity contribution in [3.8, 4) is 0 Å². The van der Waals surface area contributed by atoms with Crippen LogP contribution in [0.25, 0.3) is 0 Å². The van der Waals surface area contributed by atoms with E-state index in [4.69, 9.17) is 0 Å². The predicted molar refractivity (Wildman–Crippen MR) is 121 cm³/mol. The zero-order chi connectivity index (χ0) is 20.3. The van der Waals surface area contributed by atoms with Crippen LogP contribution in [0, 0.1) is 0 Å². The third-order valence-corrected chi connectivity index (χ3v) is 6.81. The fraction of sp³-hybridized carbons (Fsp3) is 0.200. The summed E-state index contributed by atoms with van der Waals surface area (Å²) in [5, 5.41) is 14.0. The van der Waals surface area contributed by atoms with Gasteiger partial charge in [0, 0.05) is 35.7 Å². The molecule has 3 aromatic rings. The molecule has 2 amide bonds. The van der Waals surface area contributed by atoms with Gasteiger partial charge in [-0.15, -0.1) is 10.2 Å². The minimum Gasteiger partial charge on any atom is -0.326 e. The topological polar surface area (TPSA) is 84.0 Å². The van der Waals surface area contributed by atoms with Gasteiger partial charge in [0.05, 0.1) is 0 Å². The third-order valence-electron chi connectivity index (χ3n) is 3.61. The quantitative estimate of drug-likeness (QED) is 0.438. The molecule has 3 rings (SSSR count). The van der Waals surface area contributed by atoms with E-state index in [-0.39, 0.29) is 11.8 Å². The number of benzene rings is 2. The van der Waals surface area contributed by atoms with Gasteiger partial charge in [-0.05, 0) is 24.3 Å². The minimum absolute atomic E-state index is 0.0211. The monoisotopic (exact) mass is 444 g/mol. The molecule has 0 atom stereocenters. The van der Waals surface area contributed by atoms with Gasteiger partial charge < -0.3 is 10.6 Å². The van der Waals surface area contributed by atoms with Crippen LogP contribution in [0.15, 0.2) is 69.3 Å². The molecule has 2 aromatic carbocycles. The average Bonchev–Trinajstić information content (AvgIpc) is 3.17. The van der Waals surface area contributed by atoms with E-state index in [0.29, 0.717) is 24.3 Å². The predicted octanol–water partition coefficient (Wildman–Crippen LogP) is 4.78. The zero-order valence-electron chi connectivity index (χ0n) is 15.5. The van der Waals surface area contributed by atoms with Crippen molar-refractivity contribution in [3.63, 3.8) is 0 Å². The lowest BCUT2D eigenvalue weighted by molar-refractivity contribution is -0.116. The Hall–Kier alpha value is -2.36. The van der Waals surface area contributed by atoms with Gasteiger partial charge in [0.25, 0.3) is 0 Å². The summed E-state index contributed by atoms with van der Waals surface area (Å²) in [6.07, 6.45) is 0.808. The molecule has 1 heterocycles. The van der Waals surface area contributed by atoms with E-state index in [9.17, 15) is 9.59 Å². The Morgan fingerprint density at radius 1 is 0.724 bits per heavy atom. The summed E-state index contributed by atoms with van der Waals surface area (Å²) in [6.45, 7) is 0. The van der Waals surface area contributed by atoms with Gasteiger partial charge in [0.15, 0.2) is 8.68 Å². The van der Waals surface area contributed by atoms with Crippen molar-refractivity contribution in [2.75, 3.05) is 22.1 Å². The SMILES string of the molecule is O=C(CCSc1nnc(SCCC(=O)Nc2ccccc2)s1)Nc1ccccc1. The van der Waals surface area contributed by atoms with E-state index in [1.807, 2.05) is 60.7 Å². The number of carbonyl (C=O) groups is 2. The smallest absolute Gasteiger partial charge is 0.225 e. The van der Waals surface area contributed by atoms with Crippen LogP contribution in [-0.4, -0.2) is 33.5 Å². The normalized spacial score (nSPS) is 10.5. The number of nitrogens with one attached hydrogen (secondary N) is 2. The fourth-order valence-corrected chi connectivity index (χ4v) is 5.30. The summed E-state index contributed by atoms with van der Waals surface area (Å²) >= 11 is 4.51. The van der Waals surface area contributed by atoms with E-state index in [0.717, 1.165) is 20.1 Å². The van der Waals surface area contributed by atoms with Gasteiger partial charge in [0.1, 0.15) is 0 Å². The Balaban J connectivity index is 1.32. The van der Waals surface area contributed by atoms with Crippen LogP contribution >= 0.6 is 34.9 Å². The number of carbonyl (C=O) groups excluding carboxylic acids is 2. The highest BCUT2D eigenvalue weighted by Crippen LogP contribution is 2.29. The van der Waals surface area contributed by atoms with Crippen LogP contribution in [-0.2, 0) is 9.59 Å². The average molecular weight is 445 g/mol. The van der Waals surface area contributed by atoms with Crippen molar-refractivity contribution < 1.29 is 9.59 Å². The molecule has 0 saturated heterocycles. The van der Waals surface area contributed by atoms with E-state index in [1.165, 1.54) is 34.9 Å². The number of thioether (sulfide) groups is 2. The van der Waals surface area contributed by atoms with Crippen molar-refractivity contribution in [2.45, 2.75) is 21.5 Å². The standard InChI is InChI=1S/C20H20N4O2S3/c25-17(21-15-7-3-1-4-8-15)11-13-27-19-23-24-20(29-19)28-14-12-18(26)22-16-9-5-2-6-10-16/h1-10H,11-14H2,(H,21,25)(H,22,26). The van der Waals surface area contributed by atoms with Gasteiger partial charge in [-0.2, -0.15) is 0 Å². The van der Waals surface area contributed by atoms with Crippen molar-refractivity contribution in [1.82, 2.24) is 10.2 Å². The Bertz CT molecular complexity index is 846. The van der Waals surface area contributed by atoms with Crippen LogP contribution < -0.4 is 10.6 Å². The number of anilines is 2. The maximum atomic E-state index is 11.9. The molecule has 9 heteroatoms. The molecule has 0 fully saturated rings. The molecule has 0 aliphatic heterocycles. The molecule has 0 unspecified atom stereocenters. The first-order valence-corrected chi connectivity index (χ1v) is 11.8. The molecule has 1 aromatic heterocycles. The lowest BCUT2D eigenvalue weighted by Gasteiger charge is -2.03. The van der Waals surface area contributed by atoms with Crippen molar-refractivity contribution in [2.24, 2.45) is 0 Å². The molecule has 29 heavy (non-hydrogen) atoms. The number of nitrogens with zero attached hydrogens (tertiary/aromatic N) is 2. The summed E-state index contributed by atoms with van der Waals surface area (Å²) < 4.78 is 1.66. The number of aromatic nitrogens is 2. The maximum absolute atomic E-state index is 11.9. The molecule has 0 spiro atoms. The molecule has 0 saturated carbocycles. The zero-order valence-corrected chi connectivity index (χ0v) is 18.0. The fourth-order valence-electron chi connectivity index (χ4n) is 2.27. The Labute approximate surface area is 181 Å². The summed E-state index contributed by atoms with van der Waals surface area (Å²) in [7, 11) is 0. The van der Waals surface area contributed by atoms with Crippen molar-refractivity contribution in [1.29, 1.82) is 0 Å². The summed E-state index contributed by atoms with van der Waals surface area (Å²) in [5.74, 6) is 1.23. The lowest BCUT2D eigenvalue weighted by atomic mass is 10.3. The number of hydrogen-bond donors (Lipinski definition) is 2. The largest absolute Gasteiger partial charge is 0.326 e. The van der Waals surface area contributed by atoms with Crippen LogP contribution in [0.4, 0.5) is 11.4 Å². The third kappa shape index (κ3) is 7.88. The molecular formula is C20H20N4O2S3. The summed E-state index contributed by atoms with van der Waals surface area (Å²) in [4.78, 5) is 23.9. The second kappa shape index (κ2) is 11.6. The highest BCUT2D eigenvalue weighted by Gasteiger charge is 2.09. The molecule has 0 aliphatic carbocycles. The van der Waals surface area contributed by atoms with Crippen LogP contribution in [0.5, 0.6) is 0 Å². The summed E-state index contributed by atoms with van der Waals surface area (Å²) in [6, 6.07) is 18.8. The number of rotatable bonds is 10. The van der Waals surface area contributed by atoms with Gasteiger partial charge in [-0.3, -0.25) is 9.59 Å². The number of hydrogen-bond acceptors (Lipinski definition) is 7. The second-order valence-electron chi connectivity index (χ2n) is 5.86. The lowest BCUT2D eigenvalue weighted by Crippen LogP contribution is -2.11. The number of amides is 2. The van der Waals surface area contributed by atoms with Gasteiger partial charge in [-0.1, -0.05) is 71.3 Å². The maximum Gasteiger partial charge on any atom is 0.225 e. The molecule has 2 N–H and O–H groups in total. The molecular weight excluding hydrogens is 424 g/mol. The van der Waals surface area contributed by atoms with E-state index >= 15 is 0 Å². The molecule has 0 aliphatic rings. The Morgan fingerprint density at radius 2 is 1.14 bits per heavy atom. The first kappa shape index (κ1) is 21.4. The highest BCUT2D eigenvalue weighted by atomic mass is 32.2. The Kier molecular flexibility index (Phi) is 8.54. The van der Waals surface area contributed by atoms with E-state index < -0.39 is 0 Å². The van der Waals surface area contributed by atoms with Crippen LogP contribution in [0.1, 0.15) is 12.8 Å². The Morgan fingerprint density at radius 3 is 1.55 bits per heavy atom. The number of para-hydroxylation sites is 2. The molecule has 0 bridgehead atoms. The van der Waals surface area contributed by atoms with Crippen LogP contribution in [0.2, 0.25) is 0 Å². The highest BCUT2D eigenvalue weighted by molar-refractivity contribution is 8.03. The van der Waals surface area contributed by atoms with Crippen molar-refractivity contribution in [3.05, 3.63) is 60.7 Å². The van der Waals surface area contributed by atoms with Crippen LogP contribution in [0.3, 0.4) is 0 Å². The summed E-state index contributed by atoms with van der Waals surface area (Å²) in [5.41, 5.74) is 1.60. The van der Waals surface area contributed by atoms with Gasteiger partial charge in [-0.25, -0.2) is 0 Å². The molecule has 0 radical (unpaired) electrons. The molecule has 150 valence electrons. The van der Waals surface area contributed by atoms with E-state index in [2.05, 4.69) is 20.8 Å². The van der Waals surface area contributed by atoms with E-state index in [1.54, 1.807) is 0 Å². The van der Waals surface area contributed by atoms with Gasteiger partial charge in [0.2, 0.25) is 11.8 Å². The first-order chi connectivity index (χ1) is 14.2. The second-order valence-corrected chi connectivity index (χ2v) is 9.52. The van der Waals surface area contributed by atoms with Crippen molar-refractivity contribution >= 4 is 58.0 Å².